The van der Waals surface area contributed by atoms with Crippen LogP contribution in [0.15, 0.2) is 24.3 Å². The predicted molar refractivity (Wildman–Crippen MR) is 78.1 cm³/mol. The molecule has 0 aliphatic heterocycles. The first-order chi connectivity index (χ1) is 8.19. The van der Waals surface area contributed by atoms with Crippen molar-refractivity contribution < 1.29 is 14.8 Å². The van der Waals surface area contributed by atoms with E-state index in [0.717, 1.165) is 5.56 Å². The van der Waals surface area contributed by atoms with Gasteiger partial charge in [-0.3, -0.25) is 0 Å². The van der Waals surface area contributed by atoms with Gasteiger partial charge in [-0.05, 0) is 38.7 Å². The Hall–Kier alpha value is -0.355. The van der Waals surface area contributed by atoms with Gasteiger partial charge in [0.05, 0.1) is 11.2 Å². The van der Waals surface area contributed by atoms with Crippen LogP contribution in [0.5, 0.6) is 0 Å². The molecule has 1 aromatic rings. The van der Waals surface area contributed by atoms with E-state index in [1.165, 1.54) is 0 Å². The number of halogens is 1. The highest BCUT2D eigenvalue weighted by molar-refractivity contribution is 9.08. The maximum Gasteiger partial charge on any atom is 0.491 e. The molecular formula is C13H20BBrO3. The van der Waals surface area contributed by atoms with E-state index in [4.69, 9.17) is 4.65 Å². The molecule has 0 aliphatic rings. The molecular weight excluding hydrogens is 295 g/mol. The molecule has 0 bridgehead atoms. The van der Waals surface area contributed by atoms with Crippen LogP contribution < -0.4 is 5.46 Å². The second kappa shape index (κ2) is 5.74. The van der Waals surface area contributed by atoms with Gasteiger partial charge in [0.1, 0.15) is 0 Å². The van der Waals surface area contributed by atoms with Gasteiger partial charge in [0, 0.05) is 5.33 Å². The van der Waals surface area contributed by atoms with E-state index < -0.39 is 18.3 Å². The number of hydrogen-bond acceptors (Lipinski definition) is 3. The van der Waals surface area contributed by atoms with Crippen LogP contribution in [-0.4, -0.2) is 28.5 Å². The minimum atomic E-state index is -1.06. The maximum atomic E-state index is 10.2. The number of rotatable bonds is 5. The lowest BCUT2D eigenvalue weighted by molar-refractivity contribution is -0.0982. The lowest BCUT2D eigenvalue weighted by Crippen LogP contribution is -2.53. The highest BCUT2D eigenvalue weighted by atomic mass is 79.9. The van der Waals surface area contributed by atoms with Gasteiger partial charge in [-0.15, -0.1) is 0 Å². The second-order valence-electron chi connectivity index (χ2n) is 5.37. The minimum Gasteiger partial charge on any atom is -0.423 e. The van der Waals surface area contributed by atoms with Crippen LogP contribution in [0, 0.1) is 0 Å². The van der Waals surface area contributed by atoms with E-state index in [0.29, 0.717) is 10.8 Å². The summed E-state index contributed by atoms with van der Waals surface area (Å²) in [6.45, 7) is 6.84. The molecule has 1 aromatic carbocycles. The van der Waals surface area contributed by atoms with E-state index >= 15 is 0 Å². The molecule has 0 fully saturated rings. The zero-order valence-electron chi connectivity index (χ0n) is 11.3. The summed E-state index contributed by atoms with van der Waals surface area (Å²) in [5.74, 6) is 0. The summed E-state index contributed by atoms with van der Waals surface area (Å²) in [4.78, 5) is 0. The van der Waals surface area contributed by atoms with Crippen molar-refractivity contribution in [2.45, 2.75) is 44.2 Å². The second-order valence-corrected chi connectivity index (χ2v) is 5.93. The highest BCUT2D eigenvalue weighted by Crippen LogP contribution is 2.25. The third kappa shape index (κ3) is 3.57. The molecule has 2 N–H and O–H groups in total. The highest BCUT2D eigenvalue weighted by Gasteiger charge is 2.39. The Labute approximate surface area is 117 Å². The van der Waals surface area contributed by atoms with Crippen LogP contribution in [0.3, 0.4) is 0 Å². The Bertz CT molecular complexity index is 401. The summed E-state index contributed by atoms with van der Waals surface area (Å²) in [5.41, 5.74) is -0.216. The third-order valence-corrected chi connectivity index (χ3v) is 3.95. The average Bonchev–Trinajstić information content (AvgIpc) is 2.26. The van der Waals surface area contributed by atoms with E-state index in [2.05, 4.69) is 15.9 Å². The minimum absolute atomic E-state index is 0.645. The largest absolute Gasteiger partial charge is 0.491 e. The zero-order valence-corrected chi connectivity index (χ0v) is 12.9. The van der Waals surface area contributed by atoms with Gasteiger partial charge >= 0.3 is 7.12 Å². The van der Waals surface area contributed by atoms with E-state index in [1.54, 1.807) is 27.7 Å². The molecule has 5 heteroatoms. The van der Waals surface area contributed by atoms with Crippen LogP contribution in [0.25, 0.3) is 0 Å². The Morgan fingerprint density at radius 1 is 1.22 bits per heavy atom. The first kappa shape index (κ1) is 15.7. The number of benzene rings is 1. The fraction of sp³-hybridized carbons (Fsp3) is 0.538. The Morgan fingerprint density at radius 3 is 2.28 bits per heavy atom. The van der Waals surface area contributed by atoms with Gasteiger partial charge in [0.25, 0.3) is 0 Å². The molecule has 0 unspecified atom stereocenters. The molecule has 0 aliphatic carbocycles. The first-order valence-electron chi connectivity index (χ1n) is 5.91. The van der Waals surface area contributed by atoms with Crippen molar-refractivity contribution in [1.82, 2.24) is 0 Å². The number of aliphatic hydroxyl groups is 1. The van der Waals surface area contributed by atoms with E-state index in [9.17, 15) is 10.1 Å². The van der Waals surface area contributed by atoms with Crippen LogP contribution >= 0.6 is 15.9 Å². The lowest BCUT2D eigenvalue weighted by atomic mass is 9.74. The van der Waals surface area contributed by atoms with Gasteiger partial charge in [-0.25, -0.2) is 0 Å². The SMILES string of the molecule is CC(C)(O)C(C)(C)OB(O)c1ccccc1CBr. The van der Waals surface area contributed by atoms with Crippen molar-refractivity contribution in [2.75, 3.05) is 0 Å². The van der Waals surface area contributed by atoms with Crippen molar-refractivity contribution in [1.29, 1.82) is 0 Å². The van der Waals surface area contributed by atoms with Gasteiger partial charge in [0.15, 0.2) is 0 Å². The number of hydrogen-bond donors (Lipinski definition) is 2. The van der Waals surface area contributed by atoms with Crippen LogP contribution in [0.4, 0.5) is 0 Å². The molecule has 18 heavy (non-hydrogen) atoms. The molecule has 0 aromatic heterocycles. The monoisotopic (exact) mass is 314 g/mol. The smallest absolute Gasteiger partial charge is 0.423 e. The van der Waals surface area contributed by atoms with Gasteiger partial charge < -0.3 is 14.8 Å². The average molecular weight is 315 g/mol. The van der Waals surface area contributed by atoms with E-state index in [-0.39, 0.29) is 0 Å². The van der Waals surface area contributed by atoms with Crippen LogP contribution in [0.1, 0.15) is 33.3 Å². The Balaban J connectivity index is 2.92. The topological polar surface area (TPSA) is 49.7 Å². The third-order valence-electron chi connectivity index (χ3n) is 3.34. The molecule has 100 valence electrons. The van der Waals surface area contributed by atoms with Crippen molar-refractivity contribution >= 4 is 28.5 Å². The molecule has 0 saturated carbocycles. The molecule has 0 saturated heterocycles. The molecule has 1 rings (SSSR count). The fourth-order valence-corrected chi connectivity index (χ4v) is 1.89. The van der Waals surface area contributed by atoms with Crippen molar-refractivity contribution in [3.05, 3.63) is 29.8 Å². The Kier molecular flexibility index (Phi) is 5.01. The lowest BCUT2D eigenvalue weighted by Gasteiger charge is -2.38. The molecule has 0 atom stereocenters. The molecule has 0 amide bonds. The Morgan fingerprint density at radius 2 is 1.78 bits per heavy atom. The first-order valence-corrected chi connectivity index (χ1v) is 7.03. The summed E-state index contributed by atoms with van der Waals surface area (Å²) in [6.07, 6.45) is 0. The van der Waals surface area contributed by atoms with E-state index in [1.807, 2.05) is 24.3 Å². The van der Waals surface area contributed by atoms with Gasteiger partial charge in [-0.1, -0.05) is 40.2 Å². The predicted octanol–water partition coefficient (Wildman–Crippen LogP) is 1.84. The summed E-state index contributed by atoms with van der Waals surface area (Å²) >= 11 is 3.38. The van der Waals surface area contributed by atoms with Crippen molar-refractivity contribution in [3.63, 3.8) is 0 Å². The van der Waals surface area contributed by atoms with Crippen molar-refractivity contribution in [3.8, 4) is 0 Å². The summed E-state index contributed by atoms with van der Waals surface area (Å²) < 4.78 is 5.62. The normalized spacial score (nSPS) is 12.6. The zero-order chi connectivity index (χ0) is 14.0. The molecule has 3 nitrogen and oxygen atoms in total. The van der Waals surface area contributed by atoms with Crippen LogP contribution in [-0.2, 0) is 9.98 Å². The maximum absolute atomic E-state index is 10.2. The fourth-order valence-electron chi connectivity index (χ4n) is 1.38. The molecule has 0 radical (unpaired) electrons. The molecule has 0 spiro atoms. The van der Waals surface area contributed by atoms with Gasteiger partial charge in [0.2, 0.25) is 0 Å². The standard InChI is InChI=1S/C13H20BBrO3/c1-12(2,16)13(3,4)18-14(17)11-8-6-5-7-10(11)9-15/h5-8,16-17H,9H2,1-4H3. The summed E-state index contributed by atoms with van der Waals surface area (Å²) in [6, 6.07) is 7.51. The summed E-state index contributed by atoms with van der Waals surface area (Å²) in [7, 11) is -1.06. The number of alkyl halides is 1. The summed E-state index contributed by atoms with van der Waals surface area (Å²) in [5, 5.41) is 20.8. The van der Waals surface area contributed by atoms with Gasteiger partial charge in [-0.2, -0.15) is 0 Å². The van der Waals surface area contributed by atoms with Crippen molar-refractivity contribution in [2.24, 2.45) is 0 Å². The quantitative estimate of drug-likeness (QED) is 0.644. The molecule has 0 heterocycles. The van der Waals surface area contributed by atoms with Crippen LogP contribution in [0.2, 0.25) is 0 Å².